The number of rotatable bonds is 8. The molecule has 0 radical (unpaired) electrons. The number of amides is 1. The van der Waals surface area contributed by atoms with E-state index in [1.807, 2.05) is 31.2 Å². The number of pyridine rings is 1. The van der Waals surface area contributed by atoms with Gasteiger partial charge in [-0.15, -0.1) is 0 Å². The van der Waals surface area contributed by atoms with Crippen LogP contribution in [0.2, 0.25) is 0 Å². The maximum atomic E-state index is 12.6. The summed E-state index contributed by atoms with van der Waals surface area (Å²) in [6.07, 6.45) is 0. The van der Waals surface area contributed by atoms with Crippen LogP contribution in [0.3, 0.4) is 0 Å². The Hall–Kier alpha value is -3.38. The van der Waals surface area contributed by atoms with Gasteiger partial charge in [0.25, 0.3) is 5.91 Å². The van der Waals surface area contributed by atoms with Gasteiger partial charge in [0.15, 0.2) is 11.5 Å². The number of para-hydroxylation sites is 2. The Morgan fingerprint density at radius 1 is 1.00 bits per heavy atom. The van der Waals surface area contributed by atoms with E-state index < -0.39 is 0 Å². The SMILES string of the molecule is CCOc1ccccc1Oc1ccc(NC(=O)c2ccc(COC)nc2C)cc1. The summed E-state index contributed by atoms with van der Waals surface area (Å²) in [5.41, 5.74) is 2.64. The predicted molar refractivity (Wildman–Crippen MR) is 112 cm³/mol. The Morgan fingerprint density at radius 3 is 2.38 bits per heavy atom. The van der Waals surface area contributed by atoms with E-state index in [-0.39, 0.29) is 5.91 Å². The minimum absolute atomic E-state index is 0.214. The second kappa shape index (κ2) is 9.71. The van der Waals surface area contributed by atoms with E-state index in [1.165, 1.54) is 0 Å². The number of methoxy groups -OCH3 is 1. The average Bonchev–Trinajstić information content (AvgIpc) is 2.71. The molecular weight excluding hydrogens is 368 g/mol. The van der Waals surface area contributed by atoms with E-state index >= 15 is 0 Å². The minimum Gasteiger partial charge on any atom is -0.490 e. The molecule has 1 N–H and O–H groups in total. The van der Waals surface area contributed by atoms with Gasteiger partial charge in [-0.25, -0.2) is 0 Å². The lowest BCUT2D eigenvalue weighted by molar-refractivity contribution is 0.102. The number of carbonyl (C=O) groups is 1. The van der Waals surface area contributed by atoms with Crippen LogP contribution in [0.25, 0.3) is 0 Å². The molecule has 0 fully saturated rings. The molecule has 0 atom stereocenters. The van der Waals surface area contributed by atoms with Gasteiger partial charge in [0, 0.05) is 12.8 Å². The van der Waals surface area contributed by atoms with E-state index in [1.54, 1.807) is 50.4 Å². The normalized spacial score (nSPS) is 10.4. The van der Waals surface area contributed by atoms with E-state index in [2.05, 4.69) is 10.3 Å². The number of aromatic nitrogens is 1. The van der Waals surface area contributed by atoms with Crippen molar-refractivity contribution in [1.29, 1.82) is 0 Å². The Bertz CT molecular complexity index is 971. The summed E-state index contributed by atoms with van der Waals surface area (Å²) in [5.74, 6) is 1.77. The molecule has 2 aromatic carbocycles. The van der Waals surface area contributed by atoms with Gasteiger partial charge in [0.2, 0.25) is 0 Å². The van der Waals surface area contributed by atoms with Crippen LogP contribution in [-0.4, -0.2) is 24.6 Å². The first-order chi connectivity index (χ1) is 14.1. The molecule has 0 saturated carbocycles. The zero-order valence-corrected chi connectivity index (χ0v) is 16.8. The fraction of sp³-hybridized carbons (Fsp3) is 0.217. The molecule has 150 valence electrons. The average molecular weight is 392 g/mol. The van der Waals surface area contributed by atoms with Gasteiger partial charge >= 0.3 is 0 Å². The zero-order chi connectivity index (χ0) is 20.6. The molecule has 0 aliphatic rings. The molecule has 6 nitrogen and oxygen atoms in total. The van der Waals surface area contributed by atoms with Crippen LogP contribution >= 0.6 is 0 Å². The Kier molecular flexibility index (Phi) is 6.81. The van der Waals surface area contributed by atoms with Crippen molar-refractivity contribution in [3.8, 4) is 17.2 Å². The number of carbonyl (C=O) groups excluding carboxylic acids is 1. The van der Waals surface area contributed by atoms with Crippen LogP contribution in [0, 0.1) is 6.92 Å². The lowest BCUT2D eigenvalue weighted by Crippen LogP contribution is -2.14. The van der Waals surface area contributed by atoms with Crippen molar-refractivity contribution in [2.45, 2.75) is 20.5 Å². The molecule has 0 aliphatic heterocycles. The molecule has 6 heteroatoms. The number of hydrogen-bond acceptors (Lipinski definition) is 5. The fourth-order valence-electron chi connectivity index (χ4n) is 2.82. The van der Waals surface area contributed by atoms with Gasteiger partial charge in [0.05, 0.1) is 30.2 Å². The second-order valence-corrected chi connectivity index (χ2v) is 6.33. The van der Waals surface area contributed by atoms with Gasteiger partial charge < -0.3 is 19.5 Å². The van der Waals surface area contributed by atoms with Crippen LogP contribution in [0.5, 0.6) is 17.2 Å². The number of anilines is 1. The van der Waals surface area contributed by atoms with Crippen LogP contribution < -0.4 is 14.8 Å². The number of hydrogen-bond donors (Lipinski definition) is 1. The topological polar surface area (TPSA) is 69.7 Å². The Morgan fingerprint density at radius 2 is 1.72 bits per heavy atom. The van der Waals surface area contributed by atoms with Crippen molar-refractivity contribution < 1.29 is 19.0 Å². The number of nitrogens with one attached hydrogen (secondary N) is 1. The van der Waals surface area contributed by atoms with Crippen LogP contribution in [0.4, 0.5) is 5.69 Å². The first-order valence-corrected chi connectivity index (χ1v) is 9.37. The van der Waals surface area contributed by atoms with E-state index in [0.29, 0.717) is 47.4 Å². The van der Waals surface area contributed by atoms with Crippen molar-refractivity contribution in [1.82, 2.24) is 4.98 Å². The maximum absolute atomic E-state index is 12.6. The molecule has 1 amide bonds. The zero-order valence-electron chi connectivity index (χ0n) is 16.8. The number of aryl methyl sites for hydroxylation is 1. The first kappa shape index (κ1) is 20.4. The molecule has 1 aromatic heterocycles. The molecule has 3 aromatic rings. The van der Waals surface area contributed by atoms with E-state index in [0.717, 1.165) is 5.69 Å². The molecule has 3 rings (SSSR count). The van der Waals surface area contributed by atoms with Crippen LogP contribution in [0.1, 0.15) is 28.7 Å². The first-order valence-electron chi connectivity index (χ1n) is 9.37. The minimum atomic E-state index is -0.214. The second-order valence-electron chi connectivity index (χ2n) is 6.33. The lowest BCUT2D eigenvalue weighted by Gasteiger charge is -2.12. The van der Waals surface area contributed by atoms with Crippen molar-refractivity contribution in [3.05, 3.63) is 77.6 Å². The monoisotopic (exact) mass is 392 g/mol. The van der Waals surface area contributed by atoms with Gasteiger partial charge in [-0.2, -0.15) is 0 Å². The van der Waals surface area contributed by atoms with Gasteiger partial charge in [-0.1, -0.05) is 12.1 Å². The standard InChI is InChI=1S/C23H24N2O4/c1-4-28-21-7-5-6-8-22(21)29-19-12-9-17(10-13-19)25-23(26)20-14-11-18(15-27-3)24-16(20)2/h5-14H,4,15H2,1-3H3,(H,25,26). The Labute approximate surface area is 170 Å². The molecular formula is C23H24N2O4. The van der Waals surface area contributed by atoms with Gasteiger partial charge in [0.1, 0.15) is 5.75 Å². The molecule has 0 unspecified atom stereocenters. The maximum Gasteiger partial charge on any atom is 0.257 e. The molecule has 29 heavy (non-hydrogen) atoms. The van der Waals surface area contributed by atoms with Crippen molar-refractivity contribution >= 4 is 11.6 Å². The molecule has 0 aliphatic carbocycles. The summed E-state index contributed by atoms with van der Waals surface area (Å²) in [4.78, 5) is 17.0. The summed E-state index contributed by atoms with van der Waals surface area (Å²) < 4.78 is 16.5. The Balaban J connectivity index is 1.67. The third kappa shape index (κ3) is 5.33. The molecule has 1 heterocycles. The summed E-state index contributed by atoms with van der Waals surface area (Å²) in [6.45, 7) is 4.71. The number of ether oxygens (including phenoxy) is 3. The summed E-state index contributed by atoms with van der Waals surface area (Å²) >= 11 is 0. The largest absolute Gasteiger partial charge is 0.490 e. The van der Waals surface area contributed by atoms with E-state index in [9.17, 15) is 4.79 Å². The van der Waals surface area contributed by atoms with Gasteiger partial charge in [-0.3, -0.25) is 9.78 Å². The fourth-order valence-corrected chi connectivity index (χ4v) is 2.82. The summed E-state index contributed by atoms with van der Waals surface area (Å²) in [6, 6.07) is 18.2. The molecule has 0 bridgehead atoms. The summed E-state index contributed by atoms with van der Waals surface area (Å²) in [7, 11) is 1.61. The highest BCUT2D eigenvalue weighted by Gasteiger charge is 2.12. The van der Waals surface area contributed by atoms with Crippen molar-refractivity contribution in [2.75, 3.05) is 19.0 Å². The quantitative estimate of drug-likeness (QED) is 0.585. The third-order valence-corrected chi connectivity index (χ3v) is 4.17. The molecule has 0 spiro atoms. The number of benzene rings is 2. The predicted octanol–water partition coefficient (Wildman–Crippen LogP) is 4.98. The number of nitrogens with zero attached hydrogens (tertiary/aromatic N) is 1. The van der Waals surface area contributed by atoms with Crippen molar-refractivity contribution in [2.24, 2.45) is 0 Å². The highest BCUT2D eigenvalue weighted by Crippen LogP contribution is 2.31. The van der Waals surface area contributed by atoms with Crippen LogP contribution in [0.15, 0.2) is 60.7 Å². The van der Waals surface area contributed by atoms with E-state index in [4.69, 9.17) is 14.2 Å². The van der Waals surface area contributed by atoms with Crippen LogP contribution in [-0.2, 0) is 11.3 Å². The molecule has 0 saturated heterocycles. The van der Waals surface area contributed by atoms with Crippen molar-refractivity contribution in [3.63, 3.8) is 0 Å². The third-order valence-electron chi connectivity index (χ3n) is 4.17. The highest BCUT2D eigenvalue weighted by atomic mass is 16.5. The highest BCUT2D eigenvalue weighted by molar-refractivity contribution is 6.05. The summed E-state index contributed by atoms with van der Waals surface area (Å²) in [5, 5.41) is 2.88. The smallest absolute Gasteiger partial charge is 0.257 e. The lowest BCUT2D eigenvalue weighted by atomic mass is 10.1. The van der Waals surface area contributed by atoms with Gasteiger partial charge in [-0.05, 0) is 62.4 Å².